The second kappa shape index (κ2) is 8.37. The summed E-state index contributed by atoms with van der Waals surface area (Å²) < 4.78 is 10.2. The van der Waals surface area contributed by atoms with E-state index in [2.05, 4.69) is 10.5 Å². The van der Waals surface area contributed by atoms with Crippen molar-refractivity contribution in [3.63, 3.8) is 0 Å². The molecule has 8 heteroatoms. The zero-order chi connectivity index (χ0) is 20.1. The summed E-state index contributed by atoms with van der Waals surface area (Å²) in [4.78, 5) is 24.6. The molecule has 1 N–H and O–H groups in total. The summed E-state index contributed by atoms with van der Waals surface area (Å²) in [7, 11) is 0. The monoisotopic (exact) mass is 395 g/mol. The lowest BCUT2D eigenvalue weighted by Gasteiger charge is -2.08. The van der Waals surface area contributed by atoms with Crippen LogP contribution < -0.4 is 5.32 Å². The number of hydrogen-bond acceptors (Lipinski definition) is 6. The predicted molar refractivity (Wildman–Crippen MR) is 102 cm³/mol. The smallest absolute Gasteiger partial charge is 0.344 e. The fourth-order valence-electron chi connectivity index (χ4n) is 2.51. The summed E-state index contributed by atoms with van der Waals surface area (Å²) in [5.74, 6) is -1.06. The Kier molecular flexibility index (Phi) is 5.72. The number of esters is 1. The summed E-state index contributed by atoms with van der Waals surface area (Å²) in [5, 5.41) is 15.9. The Bertz CT molecular complexity index is 1070. The van der Waals surface area contributed by atoms with E-state index >= 15 is 0 Å². The molecule has 0 bridgehead atoms. The maximum atomic E-state index is 12.5. The predicted octanol–water partition coefficient (Wildman–Crippen LogP) is 3.97. The van der Waals surface area contributed by atoms with Crippen molar-refractivity contribution in [2.24, 2.45) is 0 Å². The van der Waals surface area contributed by atoms with Crippen molar-refractivity contribution >= 4 is 29.2 Å². The third-order valence-electron chi connectivity index (χ3n) is 3.82. The second-order valence-corrected chi connectivity index (χ2v) is 6.19. The maximum absolute atomic E-state index is 12.5. The lowest BCUT2D eigenvalue weighted by atomic mass is 10.1. The molecule has 0 radical (unpaired) electrons. The van der Waals surface area contributed by atoms with Gasteiger partial charge in [0.15, 0.2) is 6.61 Å². The molecule has 0 unspecified atom stereocenters. The van der Waals surface area contributed by atoms with E-state index in [0.29, 0.717) is 16.3 Å². The van der Waals surface area contributed by atoms with Gasteiger partial charge in [0.2, 0.25) is 0 Å². The van der Waals surface area contributed by atoms with E-state index in [4.69, 9.17) is 26.1 Å². The summed E-state index contributed by atoms with van der Waals surface area (Å²) >= 11 is 5.88. The highest BCUT2D eigenvalue weighted by Crippen LogP contribution is 2.26. The van der Waals surface area contributed by atoms with Crippen molar-refractivity contribution in [1.82, 2.24) is 5.16 Å². The number of nitrogens with one attached hydrogen (secondary N) is 1. The Morgan fingerprint density at radius 2 is 2.00 bits per heavy atom. The third-order valence-corrected chi connectivity index (χ3v) is 4.06. The number of nitrogens with zero attached hydrogens (tertiary/aromatic N) is 2. The molecule has 7 nitrogen and oxygen atoms in total. The van der Waals surface area contributed by atoms with Crippen LogP contribution in [0.2, 0.25) is 5.02 Å². The lowest BCUT2D eigenvalue weighted by molar-refractivity contribution is -0.119. The number of amides is 1. The van der Waals surface area contributed by atoms with E-state index in [0.717, 1.165) is 0 Å². The lowest BCUT2D eigenvalue weighted by Crippen LogP contribution is -2.21. The van der Waals surface area contributed by atoms with Crippen molar-refractivity contribution in [3.05, 3.63) is 70.4 Å². The Hall–Kier alpha value is -3.63. The first kappa shape index (κ1) is 19.1. The molecular weight excluding hydrogens is 382 g/mol. The van der Waals surface area contributed by atoms with Gasteiger partial charge in [0.1, 0.15) is 23.1 Å². The molecule has 28 heavy (non-hydrogen) atoms. The van der Waals surface area contributed by atoms with Crippen molar-refractivity contribution in [2.45, 2.75) is 6.92 Å². The molecule has 3 rings (SSSR count). The van der Waals surface area contributed by atoms with Crippen LogP contribution in [0, 0.1) is 18.3 Å². The quantitative estimate of drug-likeness (QED) is 0.655. The molecule has 3 aromatic rings. The summed E-state index contributed by atoms with van der Waals surface area (Å²) in [6, 6.07) is 15.4. The first-order valence-electron chi connectivity index (χ1n) is 8.18. The van der Waals surface area contributed by atoms with Gasteiger partial charge in [-0.3, -0.25) is 4.79 Å². The van der Waals surface area contributed by atoms with Crippen LogP contribution in [0.5, 0.6) is 0 Å². The first-order valence-corrected chi connectivity index (χ1v) is 8.55. The van der Waals surface area contributed by atoms with Crippen LogP contribution in [-0.4, -0.2) is 23.6 Å². The number of rotatable bonds is 5. The van der Waals surface area contributed by atoms with Crippen LogP contribution in [-0.2, 0) is 9.53 Å². The Balaban J connectivity index is 1.70. The number of aromatic nitrogens is 1. The van der Waals surface area contributed by atoms with E-state index in [1.807, 2.05) is 12.1 Å². The molecule has 1 aromatic heterocycles. The summed E-state index contributed by atoms with van der Waals surface area (Å²) in [6.45, 7) is 1.04. The van der Waals surface area contributed by atoms with Gasteiger partial charge >= 0.3 is 5.97 Å². The van der Waals surface area contributed by atoms with Gasteiger partial charge in [0.25, 0.3) is 5.91 Å². The van der Waals surface area contributed by atoms with Crippen molar-refractivity contribution in [3.8, 4) is 17.3 Å². The molecule has 140 valence electrons. The Morgan fingerprint density at radius 1 is 1.25 bits per heavy atom. The molecule has 0 aliphatic heterocycles. The van der Waals surface area contributed by atoms with Crippen LogP contribution in [0.15, 0.2) is 53.1 Å². The molecule has 0 spiro atoms. The number of ether oxygens (including phenoxy) is 1. The average Bonchev–Trinajstić information content (AvgIpc) is 3.08. The number of carbonyl (C=O) groups is 2. The molecule has 1 amide bonds. The third kappa shape index (κ3) is 4.19. The average molecular weight is 396 g/mol. The molecule has 0 aliphatic rings. The fraction of sp³-hybridized carbons (Fsp3) is 0.100. The van der Waals surface area contributed by atoms with E-state index in [1.165, 1.54) is 18.2 Å². The van der Waals surface area contributed by atoms with E-state index in [-0.39, 0.29) is 22.6 Å². The highest BCUT2D eigenvalue weighted by atomic mass is 35.5. The Morgan fingerprint density at radius 3 is 2.71 bits per heavy atom. The fourth-order valence-corrected chi connectivity index (χ4v) is 2.68. The first-order chi connectivity index (χ1) is 13.5. The zero-order valence-corrected chi connectivity index (χ0v) is 15.5. The van der Waals surface area contributed by atoms with Gasteiger partial charge in [-0.15, -0.1) is 0 Å². The van der Waals surface area contributed by atoms with Crippen molar-refractivity contribution in [1.29, 1.82) is 5.26 Å². The minimum atomic E-state index is -0.737. The highest BCUT2D eigenvalue weighted by Gasteiger charge is 2.23. The molecule has 0 saturated carbocycles. The van der Waals surface area contributed by atoms with Gasteiger partial charge in [0.05, 0.1) is 11.3 Å². The molecule has 0 atom stereocenters. The van der Waals surface area contributed by atoms with Gasteiger partial charge in [0, 0.05) is 10.6 Å². The molecule has 2 aromatic carbocycles. The largest absolute Gasteiger partial charge is 0.452 e. The standard InChI is InChI=1S/C20H14ClN3O4/c1-12-18(19(24-28-12)13-5-3-2-4-6-13)20(26)27-11-17(25)23-16-9-15(21)8-7-14(16)10-22/h2-9H,11H2,1H3,(H,23,25). The van der Waals surface area contributed by atoms with Crippen LogP contribution in [0.1, 0.15) is 21.7 Å². The number of halogens is 1. The SMILES string of the molecule is Cc1onc(-c2ccccc2)c1C(=O)OCC(=O)Nc1cc(Cl)ccc1C#N. The van der Waals surface area contributed by atoms with E-state index in [9.17, 15) is 9.59 Å². The molecule has 0 aliphatic carbocycles. The Labute approximate surface area is 165 Å². The molecular formula is C20H14ClN3O4. The van der Waals surface area contributed by atoms with Gasteiger partial charge in [-0.05, 0) is 25.1 Å². The number of carbonyl (C=O) groups excluding carboxylic acids is 2. The van der Waals surface area contributed by atoms with E-state index in [1.54, 1.807) is 31.2 Å². The number of nitriles is 1. The van der Waals surface area contributed by atoms with Crippen LogP contribution in [0.25, 0.3) is 11.3 Å². The summed E-state index contributed by atoms with van der Waals surface area (Å²) in [5.41, 5.74) is 1.66. The highest BCUT2D eigenvalue weighted by molar-refractivity contribution is 6.31. The maximum Gasteiger partial charge on any atom is 0.344 e. The second-order valence-electron chi connectivity index (χ2n) is 5.75. The number of anilines is 1. The minimum Gasteiger partial charge on any atom is -0.452 e. The van der Waals surface area contributed by atoms with E-state index < -0.39 is 18.5 Å². The number of aryl methyl sites for hydroxylation is 1. The number of hydrogen-bond donors (Lipinski definition) is 1. The number of benzene rings is 2. The molecule has 0 saturated heterocycles. The van der Waals surface area contributed by atoms with Crippen LogP contribution in [0.4, 0.5) is 5.69 Å². The van der Waals surface area contributed by atoms with Gasteiger partial charge < -0.3 is 14.6 Å². The minimum absolute atomic E-state index is 0.152. The van der Waals surface area contributed by atoms with Gasteiger partial charge in [-0.1, -0.05) is 47.1 Å². The van der Waals surface area contributed by atoms with Crippen molar-refractivity contribution < 1.29 is 18.8 Å². The van der Waals surface area contributed by atoms with Gasteiger partial charge in [-0.25, -0.2) is 4.79 Å². The van der Waals surface area contributed by atoms with Crippen LogP contribution >= 0.6 is 11.6 Å². The topological polar surface area (TPSA) is 105 Å². The van der Waals surface area contributed by atoms with Crippen molar-refractivity contribution in [2.75, 3.05) is 11.9 Å². The normalized spacial score (nSPS) is 10.2. The molecule has 1 heterocycles. The summed E-state index contributed by atoms with van der Waals surface area (Å²) in [6.07, 6.45) is 0. The van der Waals surface area contributed by atoms with Crippen LogP contribution in [0.3, 0.4) is 0 Å². The molecule has 0 fully saturated rings. The zero-order valence-electron chi connectivity index (χ0n) is 14.7. The van der Waals surface area contributed by atoms with Gasteiger partial charge in [-0.2, -0.15) is 5.26 Å².